The second-order valence-corrected chi connectivity index (χ2v) is 8.82. The number of amides is 1. The van der Waals surface area contributed by atoms with Crippen LogP contribution in [0.25, 0.3) is 10.9 Å². The van der Waals surface area contributed by atoms with Crippen molar-refractivity contribution in [2.75, 3.05) is 33.9 Å². The van der Waals surface area contributed by atoms with E-state index in [4.69, 9.17) is 14.2 Å². The van der Waals surface area contributed by atoms with Crippen LogP contribution < -0.4 is 10.1 Å². The average Bonchev–Trinajstić information content (AvgIpc) is 2.92. The lowest BCUT2D eigenvalue weighted by Gasteiger charge is -2.39. The van der Waals surface area contributed by atoms with Crippen LogP contribution in [0.4, 0.5) is 9.18 Å². The molecule has 0 atom stereocenters. The minimum absolute atomic E-state index is 0.103. The second kappa shape index (κ2) is 11.3. The Labute approximate surface area is 209 Å². The van der Waals surface area contributed by atoms with Gasteiger partial charge in [-0.3, -0.25) is 4.98 Å². The van der Waals surface area contributed by atoms with Gasteiger partial charge in [0.05, 0.1) is 25.9 Å². The molecule has 0 spiro atoms. The lowest BCUT2D eigenvalue weighted by Crippen LogP contribution is -2.60. The number of carbonyl (C=O) groups is 2. The van der Waals surface area contributed by atoms with Crippen molar-refractivity contribution in [2.45, 2.75) is 31.4 Å². The lowest BCUT2D eigenvalue weighted by atomic mass is 9.87. The van der Waals surface area contributed by atoms with E-state index in [2.05, 4.69) is 15.2 Å². The number of likely N-dealkylation sites (tertiary alicyclic amines) is 1. The summed E-state index contributed by atoms with van der Waals surface area (Å²) in [6.45, 7) is 1.75. The summed E-state index contributed by atoms with van der Waals surface area (Å²) < 4.78 is 30.3. The number of halogens is 1. The number of esters is 1. The fraction of sp³-hybridized carbons (Fsp3) is 0.370. The van der Waals surface area contributed by atoms with Gasteiger partial charge in [-0.15, -0.1) is 0 Å². The number of fused-ring (bicyclic) bond motifs is 1. The summed E-state index contributed by atoms with van der Waals surface area (Å²) in [6, 6.07) is 14.7. The van der Waals surface area contributed by atoms with Crippen molar-refractivity contribution in [2.24, 2.45) is 0 Å². The van der Waals surface area contributed by atoms with Crippen molar-refractivity contribution in [3.63, 3.8) is 0 Å². The van der Waals surface area contributed by atoms with E-state index < -0.39 is 17.6 Å². The molecule has 3 aromatic rings. The molecule has 0 aliphatic carbocycles. The molecular weight excluding hydrogens is 465 g/mol. The zero-order valence-corrected chi connectivity index (χ0v) is 20.5. The molecular formula is C27H30FN3O5. The van der Waals surface area contributed by atoms with E-state index >= 15 is 0 Å². The van der Waals surface area contributed by atoms with Crippen molar-refractivity contribution >= 4 is 23.0 Å². The molecule has 0 bridgehead atoms. The van der Waals surface area contributed by atoms with E-state index in [1.807, 2.05) is 36.4 Å². The number of piperidine rings is 1. The number of aromatic nitrogens is 1. The molecule has 1 aromatic heterocycles. The number of benzene rings is 2. The number of nitrogens with zero attached hydrogens (tertiary/aromatic N) is 2. The molecule has 2 aromatic carbocycles. The minimum Gasteiger partial charge on any atom is -0.497 e. The summed E-state index contributed by atoms with van der Waals surface area (Å²) >= 11 is 0. The Bertz CT molecular complexity index is 1210. The quantitative estimate of drug-likeness (QED) is 0.475. The van der Waals surface area contributed by atoms with Crippen LogP contribution in [0.1, 0.15) is 24.0 Å². The highest BCUT2D eigenvalue weighted by Crippen LogP contribution is 2.27. The van der Waals surface area contributed by atoms with Gasteiger partial charge >= 0.3 is 12.1 Å². The van der Waals surface area contributed by atoms with Crippen molar-refractivity contribution in [3.05, 3.63) is 71.7 Å². The Morgan fingerprint density at radius 1 is 1.11 bits per heavy atom. The molecule has 2 heterocycles. The molecule has 190 valence electrons. The van der Waals surface area contributed by atoms with Gasteiger partial charge in [0.2, 0.25) is 0 Å². The molecule has 8 nitrogen and oxygen atoms in total. The van der Waals surface area contributed by atoms with Gasteiger partial charge < -0.3 is 24.4 Å². The number of carbonyl (C=O) groups excluding carboxylic acids is 2. The monoisotopic (exact) mass is 495 g/mol. The first-order chi connectivity index (χ1) is 17.4. The van der Waals surface area contributed by atoms with Crippen molar-refractivity contribution < 1.29 is 28.2 Å². The third-order valence-corrected chi connectivity index (χ3v) is 6.65. The number of methoxy groups -OCH3 is 2. The van der Waals surface area contributed by atoms with Crippen LogP contribution in [0.5, 0.6) is 5.75 Å². The molecule has 1 aliphatic rings. The number of ether oxygens (including phenoxy) is 3. The maximum atomic E-state index is 14.7. The van der Waals surface area contributed by atoms with Gasteiger partial charge in [0, 0.05) is 30.6 Å². The zero-order chi connectivity index (χ0) is 25.5. The van der Waals surface area contributed by atoms with Gasteiger partial charge in [0.25, 0.3) is 0 Å². The first-order valence-electron chi connectivity index (χ1n) is 11.8. The first kappa shape index (κ1) is 25.4. The van der Waals surface area contributed by atoms with Gasteiger partial charge in [-0.1, -0.05) is 30.3 Å². The molecule has 0 unspecified atom stereocenters. The van der Waals surface area contributed by atoms with Gasteiger partial charge in [0.1, 0.15) is 23.7 Å². The topological polar surface area (TPSA) is 90.0 Å². The highest BCUT2D eigenvalue weighted by atomic mass is 19.1. The predicted octanol–water partition coefficient (Wildman–Crippen LogP) is 3.86. The van der Waals surface area contributed by atoms with Gasteiger partial charge in [-0.25, -0.2) is 14.0 Å². The molecule has 4 rings (SSSR count). The number of hydrogen-bond acceptors (Lipinski definition) is 7. The van der Waals surface area contributed by atoms with Gasteiger partial charge in [0.15, 0.2) is 0 Å². The Morgan fingerprint density at radius 3 is 2.56 bits per heavy atom. The molecule has 36 heavy (non-hydrogen) atoms. The largest absolute Gasteiger partial charge is 0.497 e. The summed E-state index contributed by atoms with van der Waals surface area (Å²) in [6.07, 6.45) is 1.75. The Morgan fingerprint density at radius 2 is 1.86 bits per heavy atom. The van der Waals surface area contributed by atoms with Crippen molar-refractivity contribution in [1.82, 2.24) is 15.2 Å². The summed E-state index contributed by atoms with van der Waals surface area (Å²) in [5.41, 5.74) is 0.962. The van der Waals surface area contributed by atoms with Gasteiger partial charge in [-0.2, -0.15) is 0 Å². The number of pyridine rings is 1. The summed E-state index contributed by atoms with van der Waals surface area (Å²) in [4.78, 5) is 31.5. The molecule has 1 aliphatic heterocycles. The van der Waals surface area contributed by atoms with E-state index in [0.29, 0.717) is 55.7 Å². The number of rotatable bonds is 8. The Balaban J connectivity index is 1.38. The molecule has 0 radical (unpaired) electrons. The Hall–Kier alpha value is -3.72. The van der Waals surface area contributed by atoms with Crippen LogP contribution in [-0.4, -0.2) is 61.3 Å². The molecule has 1 saturated heterocycles. The van der Waals surface area contributed by atoms with Gasteiger partial charge in [-0.05, 0) is 43.0 Å². The van der Waals surface area contributed by atoms with E-state index in [-0.39, 0.29) is 12.4 Å². The lowest BCUT2D eigenvalue weighted by molar-refractivity contribution is -0.150. The van der Waals surface area contributed by atoms with E-state index in [1.54, 1.807) is 19.2 Å². The van der Waals surface area contributed by atoms with Crippen molar-refractivity contribution in [1.29, 1.82) is 0 Å². The molecule has 0 saturated carbocycles. The number of alkyl carbamates (subject to hydrolysis) is 1. The smallest absolute Gasteiger partial charge is 0.408 e. The van der Waals surface area contributed by atoms with Crippen LogP contribution in [-0.2, 0) is 27.3 Å². The molecule has 1 N–H and O–H groups in total. The highest BCUT2D eigenvalue weighted by molar-refractivity contribution is 5.86. The first-order valence-corrected chi connectivity index (χ1v) is 11.8. The third-order valence-electron chi connectivity index (χ3n) is 6.65. The average molecular weight is 496 g/mol. The van der Waals surface area contributed by atoms with Crippen LogP contribution in [0.2, 0.25) is 0 Å². The SMILES string of the molecule is COC(=O)C1(NC(=O)OCc2ccccc2)CCN(CCc2c(F)cnc3ccc(OC)cc23)CC1. The number of nitrogens with one attached hydrogen (secondary N) is 1. The summed E-state index contributed by atoms with van der Waals surface area (Å²) in [7, 11) is 2.87. The Kier molecular flexibility index (Phi) is 8.00. The standard InChI is InChI=1S/C27H30FN3O5/c1-34-20-8-9-24-22(16-20)21(23(28)17-29-24)10-13-31-14-11-27(12-15-31,25(32)35-2)30-26(33)36-18-19-6-4-3-5-7-19/h3-9,16-17H,10-15,18H2,1-2H3,(H,30,33). The zero-order valence-electron chi connectivity index (χ0n) is 20.5. The van der Waals surface area contributed by atoms with E-state index in [9.17, 15) is 14.0 Å². The van der Waals surface area contributed by atoms with Crippen LogP contribution in [0.3, 0.4) is 0 Å². The number of hydrogen-bond donors (Lipinski definition) is 1. The molecule has 1 amide bonds. The predicted molar refractivity (Wildman–Crippen MR) is 132 cm³/mol. The summed E-state index contributed by atoms with van der Waals surface area (Å²) in [5.74, 6) is -0.223. The van der Waals surface area contributed by atoms with E-state index in [0.717, 1.165) is 10.9 Å². The highest BCUT2D eigenvalue weighted by Gasteiger charge is 2.44. The van der Waals surface area contributed by atoms with Crippen LogP contribution in [0.15, 0.2) is 54.7 Å². The fourth-order valence-electron chi connectivity index (χ4n) is 4.54. The fourth-order valence-corrected chi connectivity index (χ4v) is 4.54. The van der Waals surface area contributed by atoms with Crippen molar-refractivity contribution in [3.8, 4) is 5.75 Å². The van der Waals surface area contributed by atoms with E-state index in [1.165, 1.54) is 13.3 Å². The van der Waals surface area contributed by atoms with Crippen LogP contribution in [0, 0.1) is 5.82 Å². The molecule has 1 fully saturated rings. The molecule has 9 heteroatoms. The van der Waals surface area contributed by atoms with Crippen LogP contribution >= 0.6 is 0 Å². The maximum Gasteiger partial charge on any atom is 0.408 e. The minimum atomic E-state index is -1.17. The maximum absolute atomic E-state index is 14.7. The third kappa shape index (κ3) is 5.73. The second-order valence-electron chi connectivity index (χ2n) is 8.82. The normalized spacial score (nSPS) is 15.3. The summed E-state index contributed by atoms with van der Waals surface area (Å²) in [5, 5.41) is 3.47.